The monoisotopic (exact) mass is 192 g/mol. The molecule has 0 unspecified atom stereocenters. The van der Waals surface area contributed by atoms with Crippen LogP contribution in [0.25, 0.3) is 0 Å². The highest BCUT2D eigenvalue weighted by Gasteiger charge is 2.07. The third-order valence-electron chi connectivity index (χ3n) is 1.52. The first kappa shape index (κ1) is 9.80. The Morgan fingerprint density at radius 3 is 2.93 bits per heavy atom. The summed E-state index contributed by atoms with van der Waals surface area (Å²) in [6.07, 6.45) is 1.57. The number of nitrogens with one attached hydrogen (secondary N) is 1. The van der Waals surface area contributed by atoms with E-state index in [1.807, 2.05) is 11.4 Å². The Bertz CT molecular complexity index is 402. The molecule has 0 aliphatic heterocycles. The summed E-state index contributed by atoms with van der Waals surface area (Å²) < 4.78 is 1.41. The van der Waals surface area contributed by atoms with E-state index in [0.717, 1.165) is 0 Å². The summed E-state index contributed by atoms with van der Waals surface area (Å²) in [6, 6.07) is 4.20. The molecule has 3 amide bonds. The predicted octanol–water partition coefficient (Wildman–Crippen LogP) is -0.445. The lowest BCUT2D eigenvalue weighted by atomic mass is 10.4. The van der Waals surface area contributed by atoms with Crippen LogP contribution in [0.3, 0.4) is 0 Å². The molecule has 14 heavy (non-hydrogen) atoms. The summed E-state index contributed by atoms with van der Waals surface area (Å²) in [7, 11) is 0. The number of rotatable bonds is 2. The van der Waals surface area contributed by atoms with Crippen molar-refractivity contribution in [1.29, 1.82) is 5.26 Å². The van der Waals surface area contributed by atoms with E-state index in [1.54, 1.807) is 18.3 Å². The first-order valence-corrected chi connectivity index (χ1v) is 3.78. The van der Waals surface area contributed by atoms with Crippen molar-refractivity contribution in [3.63, 3.8) is 0 Å². The normalized spacial score (nSPS) is 9.07. The molecule has 6 heteroatoms. The Morgan fingerprint density at radius 1 is 1.64 bits per heavy atom. The van der Waals surface area contributed by atoms with Gasteiger partial charge in [-0.25, -0.2) is 4.79 Å². The van der Waals surface area contributed by atoms with Crippen molar-refractivity contribution in [2.45, 2.75) is 6.54 Å². The summed E-state index contributed by atoms with van der Waals surface area (Å²) in [5.74, 6) is -0.551. The van der Waals surface area contributed by atoms with E-state index in [9.17, 15) is 9.59 Å². The second-order valence-electron chi connectivity index (χ2n) is 2.55. The molecule has 6 nitrogen and oxygen atoms in total. The van der Waals surface area contributed by atoms with Gasteiger partial charge in [0.1, 0.15) is 18.3 Å². The van der Waals surface area contributed by atoms with Crippen molar-refractivity contribution in [3.8, 4) is 6.07 Å². The number of carbonyl (C=O) groups is 2. The molecule has 0 fully saturated rings. The quantitative estimate of drug-likeness (QED) is 0.663. The van der Waals surface area contributed by atoms with Gasteiger partial charge in [0.15, 0.2) is 0 Å². The Kier molecular flexibility index (Phi) is 2.86. The molecule has 0 bridgehead atoms. The summed E-state index contributed by atoms with van der Waals surface area (Å²) in [5, 5.41) is 10.5. The maximum absolute atomic E-state index is 11.0. The minimum absolute atomic E-state index is 0.0984. The predicted molar refractivity (Wildman–Crippen MR) is 46.9 cm³/mol. The standard InChI is InChI=1S/C8H8N4O2/c9-4-6-2-1-3-12(6)5-7(13)11-8(10)14/h1-3H,5H2,(H3,10,11,13,14). The molecule has 72 valence electrons. The van der Waals surface area contributed by atoms with Gasteiger partial charge in [0.25, 0.3) is 0 Å². The van der Waals surface area contributed by atoms with Crippen molar-refractivity contribution in [3.05, 3.63) is 24.0 Å². The maximum atomic E-state index is 11.0. The number of nitrogens with two attached hydrogens (primary N) is 1. The van der Waals surface area contributed by atoms with Gasteiger partial charge in [0.2, 0.25) is 5.91 Å². The highest BCUT2D eigenvalue weighted by molar-refractivity contribution is 5.93. The lowest BCUT2D eigenvalue weighted by Gasteiger charge is -2.03. The summed E-state index contributed by atoms with van der Waals surface area (Å²) in [6.45, 7) is -0.0984. The van der Waals surface area contributed by atoms with Gasteiger partial charge in [0.05, 0.1) is 0 Å². The first-order chi connectivity index (χ1) is 6.63. The van der Waals surface area contributed by atoms with Crippen LogP contribution in [0, 0.1) is 11.3 Å². The molecule has 1 heterocycles. The van der Waals surface area contributed by atoms with Crippen LogP contribution >= 0.6 is 0 Å². The van der Waals surface area contributed by atoms with Crippen LogP contribution in [0.1, 0.15) is 5.69 Å². The summed E-state index contributed by atoms with van der Waals surface area (Å²) >= 11 is 0. The number of amides is 3. The third kappa shape index (κ3) is 2.35. The van der Waals surface area contributed by atoms with Crippen LogP contribution < -0.4 is 11.1 Å². The molecule has 1 rings (SSSR count). The number of nitrogens with zero attached hydrogens (tertiary/aromatic N) is 2. The second kappa shape index (κ2) is 4.09. The van der Waals surface area contributed by atoms with Crippen LogP contribution in [0.2, 0.25) is 0 Å². The van der Waals surface area contributed by atoms with E-state index in [1.165, 1.54) is 4.57 Å². The molecule has 0 atom stereocenters. The van der Waals surface area contributed by atoms with E-state index in [-0.39, 0.29) is 6.54 Å². The molecular formula is C8H8N4O2. The highest BCUT2D eigenvalue weighted by atomic mass is 16.2. The molecule has 1 aromatic rings. The van der Waals surface area contributed by atoms with E-state index in [2.05, 4.69) is 0 Å². The lowest BCUT2D eigenvalue weighted by Crippen LogP contribution is -2.37. The number of hydrogen-bond donors (Lipinski definition) is 2. The topological polar surface area (TPSA) is 101 Å². The summed E-state index contributed by atoms with van der Waals surface area (Å²) in [4.78, 5) is 21.4. The Morgan fingerprint density at radius 2 is 2.36 bits per heavy atom. The summed E-state index contributed by atoms with van der Waals surface area (Å²) in [5.41, 5.74) is 5.10. The number of nitriles is 1. The van der Waals surface area contributed by atoms with E-state index < -0.39 is 11.9 Å². The number of aromatic nitrogens is 1. The molecule has 0 saturated heterocycles. The Labute approximate surface area is 79.9 Å². The number of urea groups is 1. The second-order valence-corrected chi connectivity index (χ2v) is 2.55. The largest absolute Gasteiger partial charge is 0.351 e. The van der Waals surface area contributed by atoms with Crippen molar-refractivity contribution in [1.82, 2.24) is 9.88 Å². The fourth-order valence-corrected chi connectivity index (χ4v) is 0.985. The zero-order valence-corrected chi connectivity index (χ0v) is 7.23. The molecule has 0 saturated carbocycles. The number of primary amides is 1. The molecule has 1 aromatic heterocycles. The highest BCUT2D eigenvalue weighted by Crippen LogP contribution is 1.99. The maximum Gasteiger partial charge on any atom is 0.318 e. The SMILES string of the molecule is N#Cc1cccn1CC(=O)NC(N)=O. The van der Waals surface area contributed by atoms with E-state index >= 15 is 0 Å². The zero-order chi connectivity index (χ0) is 10.6. The van der Waals surface area contributed by atoms with E-state index in [4.69, 9.17) is 11.0 Å². The van der Waals surface area contributed by atoms with Gasteiger partial charge in [-0.15, -0.1) is 0 Å². The smallest absolute Gasteiger partial charge is 0.318 e. The minimum Gasteiger partial charge on any atom is -0.351 e. The van der Waals surface area contributed by atoms with Crippen molar-refractivity contribution < 1.29 is 9.59 Å². The van der Waals surface area contributed by atoms with Crippen LogP contribution in [0.4, 0.5) is 4.79 Å². The van der Waals surface area contributed by atoms with Crippen LogP contribution in [0.5, 0.6) is 0 Å². The molecule has 0 spiro atoms. The van der Waals surface area contributed by atoms with Gasteiger partial charge in [0, 0.05) is 6.20 Å². The van der Waals surface area contributed by atoms with Crippen LogP contribution in [0.15, 0.2) is 18.3 Å². The van der Waals surface area contributed by atoms with Gasteiger partial charge in [-0.2, -0.15) is 5.26 Å². The minimum atomic E-state index is -0.902. The number of carbonyl (C=O) groups excluding carboxylic acids is 2. The molecule has 0 aromatic carbocycles. The van der Waals surface area contributed by atoms with Crippen molar-refractivity contribution >= 4 is 11.9 Å². The molecule has 3 N–H and O–H groups in total. The molecular weight excluding hydrogens is 184 g/mol. The average Bonchev–Trinajstić information content (AvgIpc) is 2.50. The van der Waals surface area contributed by atoms with Crippen LogP contribution in [-0.2, 0) is 11.3 Å². The van der Waals surface area contributed by atoms with Gasteiger partial charge in [-0.05, 0) is 12.1 Å². The zero-order valence-electron chi connectivity index (χ0n) is 7.23. The molecule has 0 aliphatic carbocycles. The fraction of sp³-hybridized carbons (Fsp3) is 0.125. The Balaban J connectivity index is 2.66. The van der Waals surface area contributed by atoms with Gasteiger partial charge in [-0.3, -0.25) is 10.1 Å². The number of hydrogen-bond acceptors (Lipinski definition) is 3. The van der Waals surface area contributed by atoms with E-state index in [0.29, 0.717) is 5.69 Å². The van der Waals surface area contributed by atoms with Crippen molar-refractivity contribution in [2.24, 2.45) is 5.73 Å². The van der Waals surface area contributed by atoms with Crippen LogP contribution in [-0.4, -0.2) is 16.5 Å². The fourth-order valence-electron chi connectivity index (χ4n) is 0.985. The van der Waals surface area contributed by atoms with Gasteiger partial charge < -0.3 is 10.3 Å². The first-order valence-electron chi connectivity index (χ1n) is 3.78. The lowest BCUT2D eigenvalue weighted by molar-refractivity contribution is -0.120. The average molecular weight is 192 g/mol. The molecule has 0 aliphatic rings. The third-order valence-corrected chi connectivity index (χ3v) is 1.52. The molecule has 0 radical (unpaired) electrons. The van der Waals surface area contributed by atoms with Crippen molar-refractivity contribution in [2.75, 3.05) is 0 Å². The number of imide groups is 1. The van der Waals surface area contributed by atoms with Gasteiger partial charge in [-0.1, -0.05) is 0 Å². The van der Waals surface area contributed by atoms with Gasteiger partial charge >= 0.3 is 6.03 Å². The Hall–Kier alpha value is -2.29.